The largest absolute Gasteiger partial charge is 0.310 e. The molecule has 0 aliphatic rings. The third-order valence-electron chi connectivity index (χ3n) is 11.9. The van der Waals surface area contributed by atoms with Crippen LogP contribution in [0.3, 0.4) is 0 Å². The Kier molecular flexibility index (Phi) is 8.27. The van der Waals surface area contributed by atoms with E-state index in [0.717, 1.165) is 22.7 Å². The molecule has 9 aromatic carbocycles. The van der Waals surface area contributed by atoms with E-state index in [-0.39, 0.29) is 0 Å². The summed E-state index contributed by atoms with van der Waals surface area (Å²) >= 11 is 0. The summed E-state index contributed by atoms with van der Waals surface area (Å²) in [6.07, 6.45) is 0. The predicted molar refractivity (Wildman–Crippen MR) is 250 cm³/mol. The summed E-state index contributed by atoms with van der Waals surface area (Å²) in [5, 5.41) is 5.02. The Bertz CT molecular complexity index is 3300. The first-order valence-corrected chi connectivity index (χ1v) is 20.4. The summed E-state index contributed by atoms with van der Waals surface area (Å²) in [6.45, 7) is 4.47. The van der Waals surface area contributed by atoms with Gasteiger partial charge in [0.05, 0.1) is 22.1 Å². The minimum absolute atomic E-state index is 1.14. The van der Waals surface area contributed by atoms with Crippen LogP contribution in [-0.4, -0.2) is 9.13 Å². The fourth-order valence-electron chi connectivity index (χ4n) is 9.22. The first-order valence-electron chi connectivity index (χ1n) is 20.4. The average Bonchev–Trinajstić information content (AvgIpc) is 3.80. The second-order valence-corrected chi connectivity index (χ2v) is 15.5. The van der Waals surface area contributed by atoms with Crippen LogP contribution in [0.15, 0.2) is 212 Å². The van der Waals surface area contributed by atoms with Crippen molar-refractivity contribution in [1.29, 1.82) is 0 Å². The molecular weight excluding hydrogens is 715 g/mol. The molecule has 0 aliphatic carbocycles. The second kappa shape index (κ2) is 14.1. The molecule has 0 atom stereocenters. The van der Waals surface area contributed by atoms with Crippen molar-refractivity contribution in [2.45, 2.75) is 13.8 Å². The van der Waals surface area contributed by atoms with Crippen molar-refractivity contribution in [1.82, 2.24) is 9.13 Å². The van der Waals surface area contributed by atoms with Gasteiger partial charge in [-0.15, -0.1) is 0 Å². The second-order valence-electron chi connectivity index (χ2n) is 15.5. The third kappa shape index (κ3) is 5.82. The summed E-state index contributed by atoms with van der Waals surface area (Å²) in [4.78, 5) is 2.32. The maximum Gasteiger partial charge on any atom is 0.0541 e. The minimum Gasteiger partial charge on any atom is -0.310 e. The van der Waals surface area contributed by atoms with E-state index in [1.54, 1.807) is 0 Å². The Morgan fingerprint density at radius 1 is 0.305 bits per heavy atom. The molecule has 280 valence electrons. The predicted octanol–water partition coefficient (Wildman–Crippen LogP) is 15.3. The van der Waals surface area contributed by atoms with E-state index in [9.17, 15) is 0 Å². The molecule has 0 radical (unpaired) electrons. The number of aromatic nitrogens is 2. The lowest BCUT2D eigenvalue weighted by atomic mass is 9.95. The average molecular weight is 756 g/mol. The number of hydrogen-bond acceptors (Lipinski definition) is 1. The van der Waals surface area contributed by atoms with Crippen molar-refractivity contribution < 1.29 is 0 Å². The molecule has 11 rings (SSSR count). The van der Waals surface area contributed by atoms with Crippen molar-refractivity contribution >= 4 is 60.7 Å². The summed E-state index contributed by atoms with van der Waals surface area (Å²) < 4.78 is 4.80. The molecule has 0 unspecified atom stereocenters. The van der Waals surface area contributed by atoms with Gasteiger partial charge in [-0.05, 0) is 144 Å². The van der Waals surface area contributed by atoms with E-state index in [4.69, 9.17) is 0 Å². The van der Waals surface area contributed by atoms with Crippen LogP contribution in [-0.2, 0) is 0 Å². The molecule has 2 heterocycles. The molecule has 11 aromatic rings. The van der Waals surface area contributed by atoms with Gasteiger partial charge in [0.25, 0.3) is 0 Å². The monoisotopic (exact) mass is 755 g/mol. The molecule has 0 bridgehead atoms. The van der Waals surface area contributed by atoms with Gasteiger partial charge in [-0.3, -0.25) is 0 Å². The van der Waals surface area contributed by atoms with Crippen LogP contribution in [0.1, 0.15) is 11.1 Å². The van der Waals surface area contributed by atoms with Crippen LogP contribution in [0.4, 0.5) is 17.1 Å². The normalized spacial score (nSPS) is 11.6. The fourth-order valence-corrected chi connectivity index (χ4v) is 9.22. The van der Waals surface area contributed by atoms with Crippen molar-refractivity contribution in [2.75, 3.05) is 4.90 Å². The van der Waals surface area contributed by atoms with Crippen LogP contribution >= 0.6 is 0 Å². The van der Waals surface area contributed by atoms with Crippen LogP contribution in [0, 0.1) is 13.8 Å². The zero-order valence-electron chi connectivity index (χ0n) is 33.0. The first-order chi connectivity index (χ1) is 29.1. The van der Waals surface area contributed by atoms with E-state index in [0.29, 0.717) is 0 Å². The quantitative estimate of drug-likeness (QED) is 0.158. The fraction of sp³-hybridized carbons (Fsp3) is 0.0357. The minimum atomic E-state index is 1.14. The van der Waals surface area contributed by atoms with Gasteiger partial charge in [-0.1, -0.05) is 115 Å². The Morgan fingerprint density at radius 3 is 1.27 bits per heavy atom. The number of para-hydroxylation sites is 5. The van der Waals surface area contributed by atoms with Crippen molar-refractivity contribution in [3.63, 3.8) is 0 Å². The number of nitrogens with zero attached hydrogens (tertiary/aromatic N) is 3. The van der Waals surface area contributed by atoms with Gasteiger partial charge in [-0.25, -0.2) is 0 Å². The smallest absolute Gasteiger partial charge is 0.0541 e. The molecule has 2 aromatic heterocycles. The SMILES string of the molecule is Cc1cc(N(c2ccccc2)c2ccccc2)ccc1-c1ccc(-n2c3ccccc3c3cc(-c4ccc5c(c4)c4ccccc4n5-c4ccccc4)ccc32)cc1C. The number of benzene rings is 9. The third-order valence-corrected chi connectivity index (χ3v) is 11.9. The van der Waals surface area contributed by atoms with E-state index in [1.165, 1.54) is 82.7 Å². The Labute approximate surface area is 344 Å². The molecule has 3 nitrogen and oxygen atoms in total. The molecular formula is C56H41N3. The number of hydrogen-bond donors (Lipinski definition) is 0. The Balaban J connectivity index is 0.977. The summed E-state index contributed by atoms with van der Waals surface area (Å²) in [7, 11) is 0. The lowest BCUT2D eigenvalue weighted by Gasteiger charge is -2.26. The molecule has 0 spiro atoms. The van der Waals surface area contributed by atoms with Crippen LogP contribution in [0.25, 0.3) is 77.2 Å². The number of aryl methyl sites for hydroxylation is 2. The van der Waals surface area contributed by atoms with E-state index in [1.807, 2.05) is 0 Å². The van der Waals surface area contributed by atoms with Crippen molar-refractivity contribution in [3.05, 3.63) is 223 Å². The summed E-state index contributed by atoms with van der Waals surface area (Å²) in [5.41, 5.74) is 18.0. The highest BCUT2D eigenvalue weighted by Gasteiger charge is 2.18. The summed E-state index contributed by atoms with van der Waals surface area (Å²) in [6, 6.07) is 77.1. The van der Waals surface area contributed by atoms with Gasteiger partial charge in [0, 0.05) is 50.0 Å². The van der Waals surface area contributed by atoms with E-state index in [2.05, 4.69) is 240 Å². The molecule has 0 saturated carbocycles. The molecule has 0 N–H and O–H groups in total. The maximum atomic E-state index is 2.43. The van der Waals surface area contributed by atoms with Crippen molar-refractivity contribution in [2.24, 2.45) is 0 Å². The van der Waals surface area contributed by atoms with Gasteiger partial charge in [0.1, 0.15) is 0 Å². The Morgan fingerprint density at radius 2 is 0.746 bits per heavy atom. The zero-order valence-corrected chi connectivity index (χ0v) is 33.0. The van der Waals surface area contributed by atoms with E-state index < -0.39 is 0 Å². The highest BCUT2D eigenvalue weighted by atomic mass is 15.1. The molecule has 59 heavy (non-hydrogen) atoms. The molecule has 3 heteroatoms. The molecule has 0 amide bonds. The van der Waals surface area contributed by atoms with Crippen LogP contribution in [0.2, 0.25) is 0 Å². The van der Waals surface area contributed by atoms with Gasteiger partial charge < -0.3 is 14.0 Å². The standard InChI is InChI=1S/C56H41N3/c1-38-34-45(57(42-16-6-3-7-17-42)43-18-8-4-9-19-43)28-30-47(38)48-31-29-46(35-39(48)2)59-54-25-15-13-23-50(54)52-37-41(27-33-56(52)59)40-26-32-55-51(36-40)49-22-12-14-24-53(49)58(55)44-20-10-5-11-21-44/h3-37H,1-2H3. The molecule has 0 aliphatic heterocycles. The highest BCUT2D eigenvalue weighted by Crippen LogP contribution is 2.41. The first kappa shape index (κ1) is 34.6. The van der Waals surface area contributed by atoms with Crippen LogP contribution < -0.4 is 4.90 Å². The summed E-state index contributed by atoms with van der Waals surface area (Å²) in [5.74, 6) is 0. The number of fused-ring (bicyclic) bond motifs is 6. The zero-order chi connectivity index (χ0) is 39.5. The molecule has 0 fully saturated rings. The van der Waals surface area contributed by atoms with Crippen molar-refractivity contribution in [3.8, 4) is 33.6 Å². The molecule has 0 saturated heterocycles. The van der Waals surface area contributed by atoms with Gasteiger partial charge in [0.15, 0.2) is 0 Å². The van der Waals surface area contributed by atoms with Crippen LogP contribution in [0.5, 0.6) is 0 Å². The topological polar surface area (TPSA) is 13.1 Å². The van der Waals surface area contributed by atoms with E-state index >= 15 is 0 Å². The highest BCUT2D eigenvalue weighted by molar-refractivity contribution is 6.12. The lowest BCUT2D eigenvalue weighted by Crippen LogP contribution is -2.10. The Hall–Kier alpha value is -7.62. The number of rotatable bonds is 7. The number of anilines is 3. The van der Waals surface area contributed by atoms with Gasteiger partial charge in [-0.2, -0.15) is 0 Å². The van der Waals surface area contributed by atoms with Gasteiger partial charge in [0.2, 0.25) is 0 Å². The lowest BCUT2D eigenvalue weighted by molar-refractivity contribution is 1.17. The van der Waals surface area contributed by atoms with Gasteiger partial charge >= 0.3 is 0 Å². The maximum absolute atomic E-state index is 2.43.